The number of aromatic amines is 1. The Morgan fingerprint density at radius 3 is 3.06 bits per heavy atom. The molecule has 3 aromatic rings. The summed E-state index contributed by atoms with van der Waals surface area (Å²) in [5, 5.41) is 4.35. The van der Waals surface area contributed by atoms with Crippen LogP contribution in [0, 0.1) is 4.77 Å². The Morgan fingerprint density at radius 2 is 2.29 bits per heavy atom. The van der Waals surface area contributed by atoms with Gasteiger partial charge in [-0.15, -0.1) is 0 Å². The van der Waals surface area contributed by atoms with Crippen molar-refractivity contribution >= 4 is 23.3 Å². The van der Waals surface area contributed by atoms with Crippen molar-refractivity contribution in [2.75, 3.05) is 0 Å². The van der Waals surface area contributed by atoms with E-state index < -0.39 is 0 Å². The molecular weight excluding hydrogens is 234 g/mol. The third-order valence-electron chi connectivity index (χ3n) is 2.66. The lowest BCUT2D eigenvalue weighted by atomic mass is 10.4. The minimum Gasteiger partial charge on any atom is -0.329 e. The van der Waals surface area contributed by atoms with Crippen LogP contribution < -0.4 is 0 Å². The van der Waals surface area contributed by atoms with E-state index in [1.54, 1.807) is 17.1 Å². The normalized spacial score (nSPS) is 11.1. The maximum atomic E-state index is 5.30. The summed E-state index contributed by atoms with van der Waals surface area (Å²) in [6, 6.07) is 3.94. The fourth-order valence-corrected chi connectivity index (χ4v) is 2.15. The van der Waals surface area contributed by atoms with Crippen molar-refractivity contribution in [1.29, 1.82) is 0 Å². The van der Waals surface area contributed by atoms with E-state index in [9.17, 15) is 0 Å². The first-order chi connectivity index (χ1) is 8.24. The average molecular weight is 245 g/mol. The molecule has 0 radical (unpaired) electrons. The van der Waals surface area contributed by atoms with Crippen molar-refractivity contribution in [1.82, 2.24) is 24.3 Å². The molecule has 86 valence electrons. The number of pyridine rings is 1. The van der Waals surface area contributed by atoms with Crippen LogP contribution in [0.1, 0.15) is 5.69 Å². The van der Waals surface area contributed by atoms with Gasteiger partial charge in [0, 0.05) is 19.4 Å². The standard InChI is InChI=1S/C11H11N5S/c1-15-5-3-8(14-15)7-16-10-2-4-12-6-9(10)13-11(16)17/h2-6H,7H2,1H3,(H,13,17). The summed E-state index contributed by atoms with van der Waals surface area (Å²) in [4.78, 5) is 7.20. The van der Waals surface area contributed by atoms with Crippen molar-refractivity contribution in [3.8, 4) is 0 Å². The summed E-state index contributed by atoms with van der Waals surface area (Å²) in [6.07, 6.45) is 5.47. The largest absolute Gasteiger partial charge is 0.329 e. The Morgan fingerprint density at radius 1 is 1.41 bits per heavy atom. The monoisotopic (exact) mass is 245 g/mol. The molecule has 0 aliphatic carbocycles. The fourth-order valence-electron chi connectivity index (χ4n) is 1.88. The zero-order valence-corrected chi connectivity index (χ0v) is 10.1. The molecule has 3 heterocycles. The van der Waals surface area contributed by atoms with Gasteiger partial charge in [0.1, 0.15) is 0 Å². The van der Waals surface area contributed by atoms with E-state index in [0.717, 1.165) is 16.7 Å². The highest BCUT2D eigenvalue weighted by Gasteiger charge is 2.05. The van der Waals surface area contributed by atoms with Crippen LogP contribution in [0.4, 0.5) is 0 Å². The summed E-state index contributed by atoms with van der Waals surface area (Å²) in [5.74, 6) is 0. The number of imidazole rings is 1. The van der Waals surface area contributed by atoms with E-state index in [1.165, 1.54) is 0 Å². The van der Waals surface area contributed by atoms with Gasteiger partial charge in [0.05, 0.1) is 29.5 Å². The zero-order valence-electron chi connectivity index (χ0n) is 9.29. The van der Waals surface area contributed by atoms with Gasteiger partial charge in [0.2, 0.25) is 0 Å². The first kappa shape index (κ1) is 10.2. The van der Waals surface area contributed by atoms with Crippen molar-refractivity contribution in [2.45, 2.75) is 6.54 Å². The predicted molar refractivity (Wildman–Crippen MR) is 67.2 cm³/mol. The molecule has 17 heavy (non-hydrogen) atoms. The molecule has 3 rings (SSSR count). The first-order valence-electron chi connectivity index (χ1n) is 5.25. The highest BCUT2D eigenvalue weighted by Crippen LogP contribution is 2.13. The van der Waals surface area contributed by atoms with Gasteiger partial charge in [-0.2, -0.15) is 5.10 Å². The van der Waals surface area contributed by atoms with E-state index in [4.69, 9.17) is 12.2 Å². The second-order valence-corrected chi connectivity index (χ2v) is 4.28. The van der Waals surface area contributed by atoms with Gasteiger partial charge < -0.3 is 9.55 Å². The summed E-state index contributed by atoms with van der Waals surface area (Å²) in [5.41, 5.74) is 2.99. The molecule has 0 spiro atoms. The highest BCUT2D eigenvalue weighted by molar-refractivity contribution is 7.71. The van der Waals surface area contributed by atoms with Gasteiger partial charge in [-0.1, -0.05) is 0 Å². The number of nitrogens with one attached hydrogen (secondary N) is 1. The Bertz CT molecular complexity index is 721. The molecule has 0 atom stereocenters. The Labute approximate surface area is 103 Å². The van der Waals surface area contributed by atoms with Crippen LogP contribution >= 0.6 is 12.2 Å². The maximum absolute atomic E-state index is 5.30. The first-order valence-corrected chi connectivity index (χ1v) is 5.66. The predicted octanol–water partition coefficient (Wildman–Crippen LogP) is 1.88. The zero-order chi connectivity index (χ0) is 11.8. The molecule has 0 aromatic carbocycles. The Hall–Kier alpha value is -1.95. The van der Waals surface area contributed by atoms with Crippen LogP contribution in [0.15, 0.2) is 30.7 Å². The van der Waals surface area contributed by atoms with Crippen LogP contribution in [0.5, 0.6) is 0 Å². The van der Waals surface area contributed by atoms with Gasteiger partial charge in [-0.05, 0) is 24.4 Å². The van der Waals surface area contributed by atoms with Crippen molar-refractivity contribution in [3.05, 3.63) is 41.2 Å². The summed E-state index contributed by atoms with van der Waals surface area (Å²) < 4.78 is 4.50. The van der Waals surface area contributed by atoms with Crippen molar-refractivity contribution < 1.29 is 0 Å². The molecule has 0 saturated heterocycles. The number of H-pyrrole nitrogens is 1. The Kier molecular flexibility index (Phi) is 2.29. The van der Waals surface area contributed by atoms with Crippen molar-refractivity contribution in [3.63, 3.8) is 0 Å². The van der Waals surface area contributed by atoms with E-state index in [-0.39, 0.29) is 0 Å². The molecule has 0 fully saturated rings. The molecular formula is C11H11N5S. The lowest BCUT2D eigenvalue weighted by Gasteiger charge is -2.00. The van der Waals surface area contributed by atoms with Gasteiger partial charge in [0.15, 0.2) is 4.77 Å². The van der Waals surface area contributed by atoms with E-state index in [2.05, 4.69) is 15.1 Å². The van der Waals surface area contributed by atoms with Crippen LogP contribution in [-0.4, -0.2) is 24.3 Å². The molecule has 0 aliphatic heterocycles. The molecule has 3 aromatic heterocycles. The van der Waals surface area contributed by atoms with Crippen LogP contribution in [0.3, 0.4) is 0 Å². The van der Waals surface area contributed by atoms with E-state index >= 15 is 0 Å². The number of fused-ring (bicyclic) bond motifs is 1. The second-order valence-electron chi connectivity index (χ2n) is 3.89. The summed E-state index contributed by atoms with van der Waals surface area (Å²) >= 11 is 5.30. The molecule has 0 unspecified atom stereocenters. The van der Waals surface area contributed by atoms with Crippen LogP contribution in [0.25, 0.3) is 11.0 Å². The summed E-state index contributed by atoms with van der Waals surface area (Å²) in [6.45, 7) is 0.670. The molecule has 1 N–H and O–H groups in total. The van der Waals surface area contributed by atoms with Crippen LogP contribution in [0.2, 0.25) is 0 Å². The smallest absolute Gasteiger partial charge is 0.178 e. The number of hydrogen-bond acceptors (Lipinski definition) is 3. The van der Waals surface area contributed by atoms with Gasteiger partial charge in [-0.3, -0.25) is 9.67 Å². The number of hydrogen-bond donors (Lipinski definition) is 1. The lowest BCUT2D eigenvalue weighted by molar-refractivity contribution is 0.710. The number of aryl methyl sites for hydroxylation is 1. The van der Waals surface area contributed by atoms with E-state index in [0.29, 0.717) is 11.3 Å². The average Bonchev–Trinajstić information content (AvgIpc) is 2.85. The van der Waals surface area contributed by atoms with Gasteiger partial charge in [-0.25, -0.2) is 0 Å². The van der Waals surface area contributed by atoms with Gasteiger partial charge in [0.25, 0.3) is 0 Å². The molecule has 0 aliphatic rings. The Balaban J connectivity index is 2.11. The highest BCUT2D eigenvalue weighted by atomic mass is 32.1. The van der Waals surface area contributed by atoms with Crippen molar-refractivity contribution in [2.24, 2.45) is 7.05 Å². The van der Waals surface area contributed by atoms with Crippen LogP contribution in [-0.2, 0) is 13.6 Å². The SMILES string of the molecule is Cn1ccc(Cn2c(=S)[nH]c3cnccc32)n1. The molecule has 0 amide bonds. The number of rotatable bonds is 2. The minimum atomic E-state index is 0.670. The third-order valence-corrected chi connectivity index (χ3v) is 2.99. The van der Waals surface area contributed by atoms with E-state index in [1.807, 2.05) is 29.9 Å². The maximum Gasteiger partial charge on any atom is 0.178 e. The molecule has 0 saturated carbocycles. The van der Waals surface area contributed by atoms with Gasteiger partial charge >= 0.3 is 0 Å². The lowest BCUT2D eigenvalue weighted by Crippen LogP contribution is -2.01. The fraction of sp³-hybridized carbons (Fsp3) is 0.182. The topological polar surface area (TPSA) is 51.4 Å². The third kappa shape index (κ3) is 1.76. The molecule has 5 nitrogen and oxygen atoms in total. The number of nitrogens with zero attached hydrogens (tertiary/aromatic N) is 4. The summed E-state index contributed by atoms with van der Waals surface area (Å²) in [7, 11) is 1.90. The molecule has 0 bridgehead atoms. The second kappa shape index (κ2) is 3.81. The quantitative estimate of drug-likeness (QED) is 0.701. The molecule has 6 heteroatoms. The minimum absolute atomic E-state index is 0.670. The number of aromatic nitrogens is 5.